The molecule has 154 valence electrons. The van der Waals surface area contributed by atoms with Gasteiger partial charge in [-0.15, -0.1) is 0 Å². The van der Waals surface area contributed by atoms with Crippen molar-refractivity contribution in [3.63, 3.8) is 0 Å². The molecule has 0 fully saturated rings. The van der Waals surface area contributed by atoms with E-state index in [0.29, 0.717) is 22.9 Å². The van der Waals surface area contributed by atoms with Crippen molar-refractivity contribution in [3.05, 3.63) is 76.3 Å². The Labute approximate surface area is 176 Å². The van der Waals surface area contributed by atoms with Crippen LogP contribution >= 0.6 is 23.2 Å². The van der Waals surface area contributed by atoms with Crippen LogP contribution in [-0.2, 0) is 11.0 Å². The highest BCUT2D eigenvalue weighted by atomic mass is 35.5. The molecular weight excluding hydrogens is 426 g/mol. The smallest absolute Gasteiger partial charge is 0.396 e. The summed E-state index contributed by atoms with van der Waals surface area (Å²) in [5.74, 6) is -0.319. The Morgan fingerprint density at radius 1 is 1.14 bits per heavy atom. The standard InChI is InChI=1S/C15H13Cl2F3N2O.C5H5N/c1-3-23-22-13-8(2)10(4-5-11(13)16)14-12(17)6-9(7-21-14)15(18,19)20;1-2-4-6-5-3-1/h4-8H,3H2,1-2H3;1-5H. The summed E-state index contributed by atoms with van der Waals surface area (Å²) in [6, 6.07) is 6.57. The minimum Gasteiger partial charge on any atom is -0.396 e. The Morgan fingerprint density at radius 2 is 1.83 bits per heavy atom. The minimum atomic E-state index is -4.49. The highest BCUT2D eigenvalue weighted by Gasteiger charge is 2.33. The number of hydrogen-bond donors (Lipinski definition) is 0. The summed E-state index contributed by atoms with van der Waals surface area (Å²) in [5, 5.41) is 4.27. The third-order valence-corrected chi connectivity index (χ3v) is 4.44. The first-order valence-electron chi connectivity index (χ1n) is 8.61. The summed E-state index contributed by atoms with van der Waals surface area (Å²) in [5.41, 5.74) is 0.458. The molecule has 4 nitrogen and oxygen atoms in total. The lowest BCUT2D eigenvalue weighted by molar-refractivity contribution is -0.137. The van der Waals surface area contributed by atoms with E-state index in [-0.39, 0.29) is 16.6 Å². The topological polar surface area (TPSA) is 47.4 Å². The fourth-order valence-corrected chi connectivity index (χ4v) is 2.94. The van der Waals surface area contributed by atoms with Crippen LogP contribution in [0.2, 0.25) is 5.02 Å². The first-order valence-corrected chi connectivity index (χ1v) is 9.37. The molecule has 0 N–H and O–H groups in total. The third-order valence-electron chi connectivity index (χ3n) is 3.83. The molecule has 0 radical (unpaired) electrons. The summed E-state index contributed by atoms with van der Waals surface area (Å²) in [6.07, 6.45) is 3.02. The zero-order valence-electron chi connectivity index (χ0n) is 15.6. The van der Waals surface area contributed by atoms with Crippen molar-refractivity contribution >= 4 is 34.5 Å². The second-order valence-electron chi connectivity index (χ2n) is 5.83. The molecule has 1 aliphatic rings. The predicted octanol–water partition coefficient (Wildman–Crippen LogP) is 6.38. The SMILES string of the molecule is CCON=C1C(Cl)=CC=C(c2ncc(C(F)(F)F)cc2Cl)C1C.c1ccncc1. The fraction of sp³-hybridized carbons (Fsp3) is 0.250. The second-order valence-corrected chi connectivity index (χ2v) is 6.64. The van der Waals surface area contributed by atoms with E-state index in [1.807, 2.05) is 18.2 Å². The molecule has 2 aromatic heterocycles. The Kier molecular flexibility index (Phi) is 8.22. The molecule has 1 unspecified atom stereocenters. The average Bonchev–Trinajstić information content (AvgIpc) is 2.69. The van der Waals surface area contributed by atoms with Crippen LogP contribution in [0.5, 0.6) is 0 Å². The van der Waals surface area contributed by atoms with Gasteiger partial charge < -0.3 is 4.84 Å². The Hall–Kier alpha value is -2.38. The summed E-state index contributed by atoms with van der Waals surface area (Å²) >= 11 is 12.1. The number of nitrogens with zero attached hydrogens (tertiary/aromatic N) is 3. The van der Waals surface area contributed by atoms with Crippen LogP contribution in [-0.4, -0.2) is 22.3 Å². The fourth-order valence-electron chi connectivity index (χ4n) is 2.41. The van der Waals surface area contributed by atoms with E-state index >= 15 is 0 Å². The number of hydrogen-bond acceptors (Lipinski definition) is 4. The number of halogens is 5. The Balaban J connectivity index is 0.000000426. The van der Waals surface area contributed by atoms with Crippen molar-refractivity contribution in [2.75, 3.05) is 6.61 Å². The van der Waals surface area contributed by atoms with Crippen LogP contribution in [0.1, 0.15) is 25.1 Å². The zero-order valence-corrected chi connectivity index (χ0v) is 17.1. The maximum atomic E-state index is 12.7. The van der Waals surface area contributed by atoms with Gasteiger partial charge in [0, 0.05) is 24.5 Å². The monoisotopic (exact) mass is 443 g/mol. The van der Waals surface area contributed by atoms with Gasteiger partial charge in [0.05, 0.1) is 21.3 Å². The molecule has 0 aliphatic heterocycles. The predicted molar refractivity (Wildman–Crippen MR) is 109 cm³/mol. The molecule has 1 atom stereocenters. The lowest BCUT2D eigenvalue weighted by atomic mass is 9.88. The van der Waals surface area contributed by atoms with Gasteiger partial charge in [-0.3, -0.25) is 9.97 Å². The number of alkyl halides is 3. The van der Waals surface area contributed by atoms with Gasteiger partial charge in [-0.2, -0.15) is 13.2 Å². The van der Waals surface area contributed by atoms with Crippen LogP contribution < -0.4 is 0 Å². The first-order chi connectivity index (χ1) is 13.8. The normalized spacial score (nSPS) is 17.8. The molecule has 29 heavy (non-hydrogen) atoms. The molecule has 0 saturated carbocycles. The average molecular weight is 444 g/mol. The van der Waals surface area contributed by atoms with E-state index in [1.165, 1.54) is 0 Å². The molecule has 2 heterocycles. The summed E-state index contributed by atoms with van der Waals surface area (Å²) in [4.78, 5) is 12.7. The van der Waals surface area contributed by atoms with Crippen LogP contribution in [0, 0.1) is 5.92 Å². The summed E-state index contributed by atoms with van der Waals surface area (Å²) < 4.78 is 38.1. The van der Waals surface area contributed by atoms with Crippen molar-refractivity contribution in [3.8, 4) is 0 Å². The molecule has 1 aliphatic carbocycles. The molecule has 2 aromatic rings. The van der Waals surface area contributed by atoms with Gasteiger partial charge in [0.25, 0.3) is 0 Å². The molecular formula is C20H18Cl2F3N3O. The van der Waals surface area contributed by atoms with Gasteiger partial charge in [0.1, 0.15) is 12.3 Å². The van der Waals surface area contributed by atoms with Crippen molar-refractivity contribution in [1.82, 2.24) is 9.97 Å². The Bertz CT molecular complexity index is 886. The molecule has 0 amide bonds. The maximum Gasteiger partial charge on any atom is 0.417 e. The Morgan fingerprint density at radius 3 is 2.31 bits per heavy atom. The lowest BCUT2D eigenvalue weighted by Crippen LogP contribution is -2.18. The molecule has 0 spiro atoms. The number of allylic oxidation sites excluding steroid dienone is 4. The number of pyridine rings is 2. The summed E-state index contributed by atoms with van der Waals surface area (Å²) in [6.45, 7) is 3.95. The van der Waals surface area contributed by atoms with Gasteiger partial charge in [-0.1, -0.05) is 47.4 Å². The van der Waals surface area contributed by atoms with Crippen LogP contribution in [0.15, 0.2) is 65.2 Å². The van der Waals surface area contributed by atoms with Crippen molar-refractivity contribution in [2.24, 2.45) is 11.1 Å². The van der Waals surface area contributed by atoms with E-state index < -0.39 is 11.7 Å². The number of oxime groups is 1. The van der Waals surface area contributed by atoms with E-state index in [1.54, 1.807) is 38.4 Å². The zero-order chi connectivity index (χ0) is 21.4. The molecule has 3 rings (SSSR count). The van der Waals surface area contributed by atoms with Gasteiger partial charge in [-0.25, -0.2) is 0 Å². The third kappa shape index (κ3) is 6.30. The quantitative estimate of drug-likeness (QED) is 0.516. The lowest BCUT2D eigenvalue weighted by Gasteiger charge is -2.21. The van der Waals surface area contributed by atoms with E-state index in [9.17, 15) is 13.2 Å². The van der Waals surface area contributed by atoms with E-state index in [2.05, 4.69) is 15.1 Å². The number of aromatic nitrogens is 2. The molecule has 0 bridgehead atoms. The largest absolute Gasteiger partial charge is 0.417 e. The van der Waals surface area contributed by atoms with Crippen molar-refractivity contribution in [2.45, 2.75) is 20.0 Å². The van der Waals surface area contributed by atoms with Crippen LogP contribution in [0.3, 0.4) is 0 Å². The van der Waals surface area contributed by atoms with Gasteiger partial charge in [0.2, 0.25) is 0 Å². The highest BCUT2D eigenvalue weighted by molar-refractivity contribution is 6.45. The highest BCUT2D eigenvalue weighted by Crippen LogP contribution is 2.37. The molecule has 0 aromatic carbocycles. The van der Waals surface area contributed by atoms with Crippen LogP contribution in [0.25, 0.3) is 5.57 Å². The first kappa shape index (κ1) is 22.9. The molecule has 0 saturated heterocycles. The maximum absolute atomic E-state index is 12.7. The van der Waals surface area contributed by atoms with Gasteiger partial charge in [-0.05, 0) is 36.8 Å². The minimum absolute atomic E-state index is 0.0832. The van der Waals surface area contributed by atoms with Gasteiger partial charge in [0.15, 0.2) is 0 Å². The van der Waals surface area contributed by atoms with Crippen molar-refractivity contribution in [1.29, 1.82) is 0 Å². The van der Waals surface area contributed by atoms with Gasteiger partial charge >= 0.3 is 6.18 Å². The van der Waals surface area contributed by atoms with E-state index in [0.717, 1.165) is 12.3 Å². The summed E-state index contributed by atoms with van der Waals surface area (Å²) in [7, 11) is 0. The van der Waals surface area contributed by atoms with E-state index in [4.69, 9.17) is 28.0 Å². The second kappa shape index (κ2) is 10.4. The van der Waals surface area contributed by atoms with Crippen molar-refractivity contribution < 1.29 is 18.0 Å². The molecule has 9 heteroatoms. The van der Waals surface area contributed by atoms with Crippen LogP contribution in [0.4, 0.5) is 13.2 Å². The number of rotatable bonds is 3.